The van der Waals surface area contributed by atoms with Crippen LogP contribution in [-0.2, 0) is 0 Å². The van der Waals surface area contributed by atoms with Gasteiger partial charge in [-0.1, -0.05) is 0 Å². The van der Waals surface area contributed by atoms with E-state index in [1.807, 2.05) is 12.1 Å². The summed E-state index contributed by atoms with van der Waals surface area (Å²) in [6, 6.07) is 7.82. The Hall–Kier alpha value is -2.68. The topological polar surface area (TPSA) is 77.7 Å². The maximum absolute atomic E-state index is 8.78. The van der Waals surface area contributed by atoms with Gasteiger partial charge in [0.2, 0.25) is 5.95 Å². The Bertz CT molecular complexity index is 619. The van der Waals surface area contributed by atoms with E-state index in [2.05, 4.69) is 31.2 Å². The number of hydrogen-bond acceptors (Lipinski definition) is 6. The number of rotatable bonds is 3. The molecule has 21 heavy (non-hydrogen) atoms. The lowest BCUT2D eigenvalue weighted by atomic mass is 10.1. The quantitative estimate of drug-likeness (QED) is 0.924. The van der Waals surface area contributed by atoms with E-state index in [1.165, 1.54) is 0 Å². The highest BCUT2D eigenvalue weighted by molar-refractivity contribution is 5.41. The van der Waals surface area contributed by atoms with Crippen molar-refractivity contribution in [1.29, 1.82) is 5.26 Å². The Labute approximate surface area is 123 Å². The molecule has 1 fully saturated rings. The molecule has 6 nitrogen and oxygen atoms in total. The lowest BCUT2D eigenvalue weighted by Gasteiger charge is -2.33. The minimum absolute atomic E-state index is 0.308. The third-order valence-corrected chi connectivity index (χ3v) is 3.50. The smallest absolute Gasteiger partial charge is 0.225 e. The Morgan fingerprint density at radius 3 is 2.81 bits per heavy atom. The van der Waals surface area contributed by atoms with Gasteiger partial charge in [-0.2, -0.15) is 5.26 Å². The minimum Gasteiger partial charge on any atom is -0.366 e. The van der Waals surface area contributed by atoms with Crippen LogP contribution in [0.4, 0.5) is 11.8 Å². The van der Waals surface area contributed by atoms with Crippen molar-refractivity contribution in [2.75, 3.05) is 23.3 Å². The van der Waals surface area contributed by atoms with Gasteiger partial charge < -0.3 is 10.2 Å². The summed E-state index contributed by atoms with van der Waals surface area (Å²) in [5.41, 5.74) is 0.573. The first-order chi connectivity index (χ1) is 10.3. The van der Waals surface area contributed by atoms with Crippen molar-refractivity contribution in [1.82, 2.24) is 15.0 Å². The molecule has 0 aromatic carbocycles. The highest BCUT2D eigenvalue weighted by atomic mass is 15.3. The zero-order chi connectivity index (χ0) is 14.5. The van der Waals surface area contributed by atoms with Gasteiger partial charge in [-0.05, 0) is 31.0 Å². The SMILES string of the molecule is N#Cc1ccc(NC2CCCN(c3ncccn3)C2)nc1. The van der Waals surface area contributed by atoms with Gasteiger partial charge in [0.05, 0.1) is 5.56 Å². The van der Waals surface area contributed by atoms with Crippen molar-refractivity contribution in [3.05, 3.63) is 42.4 Å². The molecule has 0 amide bonds. The zero-order valence-corrected chi connectivity index (χ0v) is 11.6. The van der Waals surface area contributed by atoms with Crippen molar-refractivity contribution in [2.45, 2.75) is 18.9 Å². The number of nitriles is 1. The number of aromatic nitrogens is 3. The van der Waals surface area contributed by atoms with Crippen LogP contribution in [0.25, 0.3) is 0 Å². The second kappa shape index (κ2) is 6.18. The van der Waals surface area contributed by atoms with Crippen molar-refractivity contribution < 1.29 is 0 Å². The van der Waals surface area contributed by atoms with E-state index in [0.717, 1.165) is 37.7 Å². The molecule has 0 radical (unpaired) electrons. The van der Waals surface area contributed by atoms with Crippen molar-refractivity contribution in [3.63, 3.8) is 0 Å². The Morgan fingerprint density at radius 2 is 2.10 bits per heavy atom. The number of piperidine rings is 1. The summed E-state index contributed by atoms with van der Waals surface area (Å²) in [5.74, 6) is 1.58. The van der Waals surface area contributed by atoms with Gasteiger partial charge in [-0.15, -0.1) is 0 Å². The molecule has 0 spiro atoms. The van der Waals surface area contributed by atoms with Crippen LogP contribution in [0.2, 0.25) is 0 Å². The molecule has 0 bridgehead atoms. The standard InChI is InChI=1S/C15H16N6/c16-9-12-4-5-14(19-10-12)20-13-3-1-8-21(11-13)15-17-6-2-7-18-15/h2,4-7,10,13H,1,3,8,11H2,(H,19,20). The zero-order valence-electron chi connectivity index (χ0n) is 11.6. The van der Waals surface area contributed by atoms with E-state index in [1.54, 1.807) is 24.7 Å². The van der Waals surface area contributed by atoms with Crippen LogP contribution >= 0.6 is 0 Å². The second-order valence-electron chi connectivity index (χ2n) is 5.02. The van der Waals surface area contributed by atoms with E-state index < -0.39 is 0 Å². The predicted molar refractivity (Wildman–Crippen MR) is 79.8 cm³/mol. The molecule has 106 valence electrons. The summed E-state index contributed by atoms with van der Waals surface area (Å²) >= 11 is 0. The monoisotopic (exact) mass is 280 g/mol. The van der Waals surface area contributed by atoms with Crippen LogP contribution < -0.4 is 10.2 Å². The highest BCUT2D eigenvalue weighted by Gasteiger charge is 2.21. The van der Waals surface area contributed by atoms with E-state index in [-0.39, 0.29) is 0 Å². The first-order valence-electron chi connectivity index (χ1n) is 7.00. The second-order valence-corrected chi connectivity index (χ2v) is 5.02. The van der Waals surface area contributed by atoms with Crippen LogP contribution in [0, 0.1) is 11.3 Å². The van der Waals surface area contributed by atoms with Gasteiger partial charge >= 0.3 is 0 Å². The molecular formula is C15H16N6. The maximum Gasteiger partial charge on any atom is 0.225 e. The van der Waals surface area contributed by atoms with Crippen LogP contribution in [0.1, 0.15) is 18.4 Å². The molecule has 1 saturated heterocycles. The largest absolute Gasteiger partial charge is 0.366 e. The van der Waals surface area contributed by atoms with E-state index in [4.69, 9.17) is 5.26 Å². The van der Waals surface area contributed by atoms with E-state index in [0.29, 0.717) is 11.6 Å². The third-order valence-electron chi connectivity index (χ3n) is 3.50. The molecule has 1 unspecified atom stereocenters. The molecule has 3 rings (SSSR count). The van der Waals surface area contributed by atoms with Gasteiger partial charge in [0.15, 0.2) is 0 Å². The molecule has 3 heterocycles. The van der Waals surface area contributed by atoms with Gasteiger partial charge in [-0.25, -0.2) is 15.0 Å². The number of pyridine rings is 1. The molecule has 6 heteroatoms. The summed E-state index contributed by atoms with van der Waals surface area (Å²) in [6.45, 7) is 1.83. The lowest BCUT2D eigenvalue weighted by Crippen LogP contribution is -2.43. The van der Waals surface area contributed by atoms with Crippen LogP contribution in [0.3, 0.4) is 0 Å². The Balaban J connectivity index is 1.64. The summed E-state index contributed by atoms with van der Waals surface area (Å²) in [5, 5.41) is 12.2. The molecule has 1 N–H and O–H groups in total. The maximum atomic E-state index is 8.78. The predicted octanol–water partition coefficient (Wildman–Crippen LogP) is 1.82. The van der Waals surface area contributed by atoms with Crippen molar-refractivity contribution in [3.8, 4) is 6.07 Å². The van der Waals surface area contributed by atoms with Crippen LogP contribution in [-0.4, -0.2) is 34.1 Å². The summed E-state index contributed by atoms with van der Waals surface area (Å²) in [6.07, 6.45) is 7.30. The molecule has 1 aliphatic heterocycles. The van der Waals surface area contributed by atoms with Gasteiger partial charge in [0.1, 0.15) is 11.9 Å². The number of nitrogens with one attached hydrogen (secondary N) is 1. The molecule has 1 aliphatic rings. The Kier molecular flexibility index (Phi) is 3.92. The van der Waals surface area contributed by atoms with Gasteiger partial charge in [0.25, 0.3) is 0 Å². The molecule has 2 aromatic heterocycles. The van der Waals surface area contributed by atoms with E-state index >= 15 is 0 Å². The summed E-state index contributed by atoms with van der Waals surface area (Å²) in [7, 11) is 0. The first-order valence-corrected chi connectivity index (χ1v) is 7.00. The first kappa shape index (κ1) is 13.3. The fourth-order valence-electron chi connectivity index (χ4n) is 2.49. The van der Waals surface area contributed by atoms with Crippen LogP contribution in [0.15, 0.2) is 36.8 Å². The molecule has 0 saturated carbocycles. The van der Waals surface area contributed by atoms with Crippen molar-refractivity contribution >= 4 is 11.8 Å². The molecule has 2 aromatic rings. The molecular weight excluding hydrogens is 264 g/mol. The lowest BCUT2D eigenvalue weighted by molar-refractivity contribution is 0.521. The van der Waals surface area contributed by atoms with Crippen LogP contribution in [0.5, 0.6) is 0 Å². The summed E-state index contributed by atoms with van der Waals surface area (Å²) in [4.78, 5) is 15.0. The fourth-order valence-corrected chi connectivity index (χ4v) is 2.49. The summed E-state index contributed by atoms with van der Waals surface area (Å²) < 4.78 is 0. The molecule has 0 aliphatic carbocycles. The average Bonchev–Trinajstić information content (AvgIpc) is 2.57. The fraction of sp³-hybridized carbons (Fsp3) is 0.333. The average molecular weight is 280 g/mol. The van der Waals surface area contributed by atoms with Gasteiger partial charge in [0, 0.05) is 37.7 Å². The normalized spacial score (nSPS) is 18.0. The van der Waals surface area contributed by atoms with Crippen molar-refractivity contribution in [2.24, 2.45) is 0 Å². The minimum atomic E-state index is 0.308. The highest BCUT2D eigenvalue weighted by Crippen LogP contribution is 2.18. The van der Waals surface area contributed by atoms with Gasteiger partial charge in [-0.3, -0.25) is 0 Å². The Morgan fingerprint density at radius 1 is 1.24 bits per heavy atom. The third kappa shape index (κ3) is 3.26. The number of hydrogen-bond donors (Lipinski definition) is 1. The molecule has 1 atom stereocenters. The van der Waals surface area contributed by atoms with E-state index in [9.17, 15) is 0 Å². The number of anilines is 2. The number of nitrogens with zero attached hydrogens (tertiary/aromatic N) is 5.